The summed E-state index contributed by atoms with van der Waals surface area (Å²) >= 11 is 0. The fraction of sp³-hybridized carbons (Fsp3) is 0.923. The van der Waals surface area contributed by atoms with E-state index >= 15 is 0 Å². The molecule has 5 heteroatoms. The number of nitrogens with one attached hydrogen (secondary N) is 1. The molecule has 4 nitrogen and oxygen atoms in total. The van der Waals surface area contributed by atoms with E-state index in [2.05, 4.69) is 12.2 Å². The van der Waals surface area contributed by atoms with Crippen LogP contribution in [-0.4, -0.2) is 49.2 Å². The highest BCUT2D eigenvalue weighted by Gasteiger charge is 2.39. The third-order valence-corrected chi connectivity index (χ3v) is 3.82. The normalized spacial score (nSPS) is 36.9. The second kappa shape index (κ2) is 6.22. The fourth-order valence-corrected chi connectivity index (χ4v) is 2.96. The third-order valence-electron chi connectivity index (χ3n) is 3.82. The first-order valence-corrected chi connectivity index (χ1v) is 6.67. The molecule has 2 aliphatic heterocycles. The van der Waals surface area contributed by atoms with Gasteiger partial charge in [0.05, 0.1) is 17.6 Å². The summed E-state index contributed by atoms with van der Waals surface area (Å²) in [5, 5.41) is 3.34. The highest BCUT2D eigenvalue weighted by molar-refractivity contribution is 5.85. The maximum atomic E-state index is 12.6. The molecule has 2 rings (SSSR count). The first kappa shape index (κ1) is 15.7. The molecule has 0 spiro atoms. The van der Waals surface area contributed by atoms with Crippen molar-refractivity contribution in [3.63, 3.8) is 0 Å². The van der Waals surface area contributed by atoms with Crippen molar-refractivity contribution >= 4 is 18.3 Å². The second-order valence-corrected chi connectivity index (χ2v) is 5.81. The Kier molecular flexibility index (Phi) is 5.44. The lowest BCUT2D eigenvalue weighted by Crippen LogP contribution is -2.55. The number of morpholine rings is 1. The zero-order valence-corrected chi connectivity index (χ0v) is 12.4. The molecule has 1 unspecified atom stereocenters. The van der Waals surface area contributed by atoms with Gasteiger partial charge in [0.2, 0.25) is 5.91 Å². The maximum Gasteiger partial charge on any atom is 0.229 e. The maximum absolute atomic E-state index is 12.6. The number of carbonyl (C=O) groups is 1. The molecule has 0 aromatic rings. The standard InChI is InChI=1S/C13H24N2O2.ClH/c1-10-7-15(8-11(2)17-10)12(16)13(3)5-4-6-14-9-13;/h10-11,14H,4-9H2,1-3H3;1H/t10-,11+,13?;. The molecule has 2 heterocycles. The molecule has 2 aliphatic rings. The van der Waals surface area contributed by atoms with Crippen LogP contribution in [0.2, 0.25) is 0 Å². The van der Waals surface area contributed by atoms with Gasteiger partial charge in [-0.25, -0.2) is 0 Å². The second-order valence-electron chi connectivity index (χ2n) is 5.81. The lowest BCUT2D eigenvalue weighted by molar-refractivity contribution is -0.153. The summed E-state index contributed by atoms with van der Waals surface area (Å²) in [7, 11) is 0. The molecular weight excluding hydrogens is 252 g/mol. The van der Waals surface area contributed by atoms with Crippen LogP contribution in [0.4, 0.5) is 0 Å². The van der Waals surface area contributed by atoms with Gasteiger partial charge in [0.15, 0.2) is 0 Å². The molecule has 2 fully saturated rings. The van der Waals surface area contributed by atoms with Gasteiger partial charge in [-0.15, -0.1) is 12.4 Å². The highest BCUT2D eigenvalue weighted by Crippen LogP contribution is 2.29. The summed E-state index contributed by atoms with van der Waals surface area (Å²) in [5.41, 5.74) is -0.213. The number of rotatable bonds is 1. The minimum atomic E-state index is -0.213. The fourth-order valence-electron chi connectivity index (χ4n) is 2.96. The van der Waals surface area contributed by atoms with Gasteiger partial charge in [-0.05, 0) is 40.2 Å². The minimum absolute atomic E-state index is 0. The number of nitrogens with zero attached hydrogens (tertiary/aromatic N) is 1. The van der Waals surface area contributed by atoms with Gasteiger partial charge in [0, 0.05) is 19.6 Å². The average Bonchev–Trinajstić information content (AvgIpc) is 2.27. The van der Waals surface area contributed by atoms with E-state index < -0.39 is 0 Å². The van der Waals surface area contributed by atoms with Crippen molar-refractivity contribution in [2.45, 2.75) is 45.8 Å². The molecule has 1 amide bonds. The van der Waals surface area contributed by atoms with E-state index in [4.69, 9.17) is 4.74 Å². The Morgan fingerprint density at radius 1 is 1.33 bits per heavy atom. The van der Waals surface area contributed by atoms with Crippen LogP contribution in [0.25, 0.3) is 0 Å². The molecule has 0 saturated carbocycles. The van der Waals surface area contributed by atoms with Crippen molar-refractivity contribution in [1.82, 2.24) is 10.2 Å². The van der Waals surface area contributed by atoms with Gasteiger partial charge >= 0.3 is 0 Å². The molecule has 18 heavy (non-hydrogen) atoms. The van der Waals surface area contributed by atoms with Crippen LogP contribution in [0.15, 0.2) is 0 Å². The topological polar surface area (TPSA) is 41.6 Å². The van der Waals surface area contributed by atoms with Gasteiger partial charge in [-0.3, -0.25) is 4.79 Å². The number of carbonyl (C=O) groups excluding carboxylic acids is 1. The average molecular weight is 277 g/mol. The van der Waals surface area contributed by atoms with E-state index in [-0.39, 0.29) is 30.0 Å². The van der Waals surface area contributed by atoms with Crippen molar-refractivity contribution < 1.29 is 9.53 Å². The van der Waals surface area contributed by atoms with E-state index in [1.807, 2.05) is 18.7 Å². The third kappa shape index (κ3) is 3.37. The van der Waals surface area contributed by atoms with Crippen LogP contribution in [0.3, 0.4) is 0 Å². The molecule has 0 bridgehead atoms. The monoisotopic (exact) mass is 276 g/mol. The summed E-state index contributed by atoms with van der Waals surface area (Å²) in [6, 6.07) is 0. The minimum Gasteiger partial charge on any atom is -0.372 e. The molecule has 0 aromatic heterocycles. The van der Waals surface area contributed by atoms with Gasteiger partial charge in [-0.1, -0.05) is 0 Å². The van der Waals surface area contributed by atoms with Gasteiger partial charge < -0.3 is 15.0 Å². The zero-order chi connectivity index (χ0) is 12.5. The van der Waals surface area contributed by atoms with Gasteiger partial charge in [0.1, 0.15) is 0 Å². The van der Waals surface area contributed by atoms with Gasteiger partial charge in [-0.2, -0.15) is 0 Å². The molecular formula is C13H25ClN2O2. The summed E-state index contributed by atoms with van der Waals surface area (Å²) in [6.45, 7) is 9.49. The van der Waals surface area contributed by atoms with E-state index in [0.29, 0.717) is 5.91 Å². The predicted molar refractivity (Wildman–Crippen MR) is 74.0 cm³/mol. The Morgan fingerprint density at radius 2 is 1.94 bits per heavy atom. The molecule has 2 saturated heterocycles. The predicted octanol–water partition coefficient (Wildman–Crippen LogP) is 1.43. The molecule has 0 aromatic carbocycles. The highest BCUT2D eigenvalue weighted by atomic mass is 35.5. The number of piperidine rings is 1. The Morgan fingerprint density at radius 3 is 2.44 bits per heavy atom. The summed E-state index contributed by atoms with van der Waals surface area (Å²) < 4.78 is 5.68. The first-order chi connectivity index (χ1) is 8.01. The summed E-state index contributed by atoms with van der Waals surface area (Å²) in [5.74, 6) is 0.298. The summed E-state index contributed by atoms with van der Waals surface area (Å²) in [4.78, 5) is 14.6. The molecule has 0 radical (unpaired) electrons. The van der Waals surface area contributed by atoms with E-state index in [1.165, 1.54) is 0 Å². The number of amides is 1. The van der Waals surface area contributed by atoms with Crippen LogP contribution in [0.1, 0.15) is 33.6 Å². The lowest BCUT2D eigenvalue weighted by atomic mass is 9.81. The van der Waals surface area contributed by atoms with Crippen molar-refractivity contribution in [2.75, 3.05) is 26.2 Å². The Labute approximate surface area is 116 Å². The van der Waals surface area contributed by atoms with Crippen molar-refractivity contribution in [3.8, 4) is 0 Å². The van der Waals surface area contributed by atoms with Crippen molar-refractivity contribution in [1.29, 1.82) is 0 Å². The number of hydrogen-bond donors (Lipinski definition) is 1. The van der Waals surface area contributed by atoms with Crippen LogP contribution in [-0.2, 0) is 9.53 Å². The van der Waals surface area contributed by atoms with Crippen LogP contribution >= 0.6 is 12.4 Å². The quantitative estimate of drug-likeness (QED) is 0.788. The molecule has 1 N–H and O–H groups in total. The van der Waals surface area contributed by atoms with Crippen molar-refractivity contribution in [3.05, 3.63) is 0 Å². The molecule has 3 atom stereocenters. The van der Waals surface area contributed by atoms with Crippen LogP contribution in [0.5, 0.6) is 0 Å². The molecule has 0 aliphatic carbocycles. The molecule has 106 valence electrons. The van der Waals surface area contributed by atoms with Crippen molar-refractivity contribution in [2.24, 2.45) is 5.41 Å². The summed E-state index contributed by atoms with van der Waals surface area (Å²) in [6.07, 6.45) is 2.40. The smallest absolute Gasteiger partial charge is 0.229 e. The van der Waals surface area contributed by atoms with E-state index in [0.717, 1.165) is 39.0 Å². The zero-order valence-electron chi connectivity index (χ0n) is 11.6. The number of hydrogen-bond acceptors (Lipinski definition) is 3. The van der Waals surface area contributed by atoms with Gasteiger partial charge in [0.25, 0.3) is 0 Å². The largest absolute Gasteiger partial charge is 0.372 e. The van der Waals surface area contributed by atoms with Crippen LogP contribution < -0.4 is 5.32 Å². The van der Waals surface area contributed by atoms with Crippen LogP contribution in [0, 0.1) is 5.41 Å². The first-order valence-electron chi connectivity index (χ1n) is 6.67. The number of ether oxygens (including phenoxy) is 1. The van der Waals surface area contributed by atoms with E-state index in [1.54, 1.807) is 0 Å². The lowest BCUT2D eigenvalue weighted by Gasteiger charge is -2.42. The Bertz CT molecular complexity index is 283. The Balaban J connectivity index is 0.00000162. The number of halogens is 1. The Hall–Kier alpha value is -0.320. The SMILES string of the molecule is C[C@@H]1CN(C(=O)C2(C)CCCNC2)C[C@H](C)O1.Cl. The van der Waals surface area contributed by atoms with E-state index in [9.17, 15) is 4.79 Å².